The molecular weight excluding hydrogens is 311 g/mol. The molecule has 9 heteroatoms. The Kier molecular flexibility index (Phi) is 3.45. The van der Waals surface area contributed by atoms with Gasteiger partial charge in [0.25, 0.3) is 10.0 Å². The van der Waals surface area contributed by atoms with Crippen LogP contribution in [0, 0.1) is 5.82 Å². The molecule has 2 aromatic rings. The lowest BCUT2D eigenvalue weighted by atomic mass is 10.1. The zero-order valence-corrected chi connectivity index (χ0v) is 12.4. The van der Waals surface area contributed by atoms with Crippen molar-refractivity contribution in [2.75, 3.05) is 11.4 Å². The second kappa shape index (κ2) is 5.18. The number of sulfonamides is 1. The van der Waals surface area contributed by atoms with Gasteiger partial charge in [-0.15, -0.1) is 0 Å². The van der Waals surface area contributed by atoms with Gasteiger partial charge in [-0.25, -0.2) is 12.8 Å². The zero-order chi connectivity index (χ0) is 15.9. The summed E-state index contributed by atoms with van der Waals surface area (Å²) in [5, 5.41) is 3.78. The van der Waals surface area contributed by atoms with Crippen molar-refractivity contribution in [2.24, 2.45) is 7.05 Å². The molecule has 116 valence electrons. The number of carbonyl (C=O) groups excluding carboxylic acids is 1. The van der Waals surface area contributed by atoms with Gasteiger partial charge in [0.15, 0.2) is 5.03 Å². The van der Waals surface area contributed by atoms with Gasteiger partial charge < -0.3 is 4.90 Å². The van der Waals surface area contributed by atoms with E-state index >= 15 is 0 Å². The molecule has 1 aromatic carbocycles. The van der Waals surface area contributed by atoms with Crippen molar-refractivity contribution in [1.29, 1.82) is 0 Å². The summed E-state index contributed by atoms with van der Waals surface area (Å²) in [6.07, 6.45) is 1.36. The van der Waals surface area contributed by atoms with Crippen LogP contribution >= 0.6 is 0 Å². The fraction of sp³-hybridized carbons (Fsp3) is 0.231. The first-order valence-corrected chi connectivity index (χ1v) is 7.94. The number of hydrogen-bond acceptors (Lipinski definition) is 4. The molecule has 1 atom stereocenters. The number of anilines is 1. The smallest absolute Gasteiger partial charge is 0.258 e. The molecule has 0 radical (unpaired) electrons. The van der Waals surface area contributed by atoms with Gasteiger partial charge in [0.2, 0.25) is 5.91 Å². The molecule has 1 amide bonds. The standard InChI is InChI=1S/C13H13FN4O3S/c1-17-12(6-7-15-17)22(20,21)16-11-8-18(13(11)19)10-4-2-9(14)3-5-10/h2-7,11,16H,8H2,1H3/t11-/m0/s1. The van der Waals surface area contributed by atoms with E-state index in [1.165, 1.54) is 53.2 Å². The van der Waals surface area contributed by atoms with Crippen LogP contribution in [0.25, 0.3) is 0 Å². The molecule has 0 bridgehead atoms. The van der Waals surface area contributed by atoms with Crippen LogP contribution in [-0.4, -0.2) is 36.7 Å². The predicted molar refractivity (Wildman–Crippen MR) is 76.1 cm³/mol. The van der Waals surface area contributed by atoms with Gasteiger partial charge in [-0.2, -0.15) is 9.82 Å². The summed E-state index contributed by atoms with van der Waals surface area (Å²) < 4.78 is 40.7. The Hall–Kier alpha value is -2.26. The molecule has 22 heavy (non-hydrogen) atoms. The third-order valence-electron chi connectivity index (χ3n) is 3.42. The normalized spacial score (nSPS) is 18.4. The Morgan fingerprint density at radius 2 is 1.95 bits per heavy atom. The molecule has 1 fully saturated rings. The van der Waals surface area contributed by atoms with Gasteiger partial charge in [0, 0.05) is 12.7 Å². The molecule has 0 unspecified atom stereocenters. The van der Waals surface area contributed by atoms with Crippen molar-refractivity contribution in [2.45, 2.75) is 11.1 Å². The fourth-order valence-corrected chi connectivity index (χ4v) is 3.55. The molecule has 2 heterocycles. The number of benzene rings is 1. The van der Waals surface area contributed by atoms with E-state index in [4.69, 9.17) is 0 Å². The summed E-state index contributed by atoms with van der Waals surface area (Å²) >= 11 is 0. The van der Waals surface area contributed by atoms with Gasteiger partial charge in [-0.1, -0.05) is 0 Å². The van der Waals surface area contributed by atoms with Crippen molar-refractivity contribution in [3.05, 3.63) is 42.3 Å². The highest BCUT2D eigenvalue weighted by Gasteiger charge is 2.40. The number of carbonyl (C=O) groups is 1. The van der Waals surface area contributed by atoms with Crippen LogP contribution in [0.4, 0.5) is 10.1 Å². The maximum absolute atomic E-state index is 12.9. The highest BCUT2D eigenvalue weighted by atomic mass is 32.2. The van der Waals surface area contributed by atoms with Crippen molar-refractivity contribution in [3.63, 3.8) is 0 Å². The molecular formula is C13H13FN4O3S. The lowest BCUT2D eigenvalue weighted by Crippen LogP contribution is -2.64. The third kappa shape index (κ3) is 2.48. The molecule has 0 saturated carbocycles. The molecule has 3 rings (SSSR count). The SMILES string of the molecule is Cn1nccc1S(=O)(=O)N[C@H]1CN(c2ccc(F)cc2)C1=O. The Morgan fingerprint density at radius 3 is 2.50 bits per heavy atom. The zero-order valence-electron chi connectivity index (χ0n) is 11.6. The molecule has 7 nitrogen and oxygen atoms in total. The minimum Gasteiger partial charge on any atom is -0.309 e. The van der Waals surface area contributed by atoms with Crippen LogP contribution in [0.15, 0.2) is 41.6 Å². The van der Waals surface area contributed by atoms with Crippen LogP contribution in [0.2, 0.25) is 0 Å². The second-order valence-corrected chi connectivity index (χ2v) is 6.55. The lowest BCUT2D eigenvalue weighted by molar-refractivity contribution is -0.124. The quantitative estimate of drug-likeness (QED) is 0.817. The van der Waals surface area contributed by atoms with Crippen LogP contribution < -0.4 is 9.62 Å². The van der Waals surface area contributed by atoms with Crippen LogP contribution in [0.3, 0.4) is 0 Å². The first kappa shape index (κ1) is 14.7. The minimum atomic E-state index is -3.81. The fourth-order valence-electron chi connectivity index (χ4n) is 2.24. The topological polar surface area (TPSA) is 84.3 Å². The number of nitrogens with one attached hydrogen (secondary N) is 1. The number of hydrogen-bond donors (Lipinski definition) is 1. The van der Waals surface area contributed by atoms with E-state index in [1.807, 2.05) is 0 Å². The van der Waals surface area contributed by atoms with E-state index in [0.717, 1.165) is 0 Å². The summed E-state index contributed by atoms with van der Waals surface area (Å²) in [5.41, 5.74) is 0.530. The maximum Gasteiger partial charge on any atom is 0.258 e. The van der Waals surface area contributed by atoms with Crippen molar-refractivity contribution >= 4 is 21.6 Å². The largest absolute Gasteiger partial charge is 0.309 e. The average molecular weight is 324 g/mol. The van der Waals surface area contributed by atoms with Gasteiger partial charge in [0.1, 0.15) is 11.9 Å². The van der Waals surface area contributed by atoms with E-state index in [-0.39, 0.29) is 17.5 Å². The van der Waals surface area contributed by atoms with Crippen LogP contribution in [-0.2, 0) is 21.9 Å². The van der Waals surface area contributed by atoms with Crippen LogP contribution in [0.1, 0.15) is 0 Å². The highest BCUT2D eigenvalue weighted by Crippen LogP contribution is 2.23. The summed E-state index contributed by atoms with van der Waals surface area (Å²) in [6.45, 7) is 0.196. The van der Waals surface area contributed by atoms with Crippen molar-refractivity contribution < 1.29 is 17.6 Å². The maximum atomic E-state index is 12.9. The van der Waals surface area contributed by atoms with Gasteiger partial charge in [-0.05, 0) is 30.3 Å². The molecule has 1 aliphatic heterocycles. The number of aryl methyl sites for hydroxylation is 1. The highest BCUT2D eigenvalue weighted by molar-refractivity contribution is 7.89. The molecule has 1 aromatic heterocycles. The van der Waals surface area contributed by atoms with Crippen molar-refractivity contribution in [3.8, 4) is 0 Å². The monoisotopic (exact) mass is 324 g/mol. The summed E-state index contributed by atoms with van der Waals surface area (Å²) in [4.78, 5) is 13.4. The predicted octanol–water partition coefficient (Wildman–Crippen LogP) is 0.253. The van der Waals surface area contributed by atoms with Gasteiger partial charge >= 0.3 is 0 Å². The van der Waals surface area contributed by atoms with Crippen molar-refractivity contribution in [1.82, 2.24) is 14.5 Å². The first-order chi connectivity index (χ1) is 10.4. The van der Waals surface area contributed by atoms with E-state index < -0.39 is 21.9 Å². The van der Waals surface area contributed by atoms with Crippen LogP contribution in [0.5, 0.6) is 0 Å². The second-order valence-electron chi connectivity index (χ2n) is 4.89. The molecule has 0 spiro atoms. The van der Waals surface area contributed by atoms with E-state index in [1.54, 1.807) is 0 Å². The van der Waals surface area contributed by atoms with E-state index in [9.17, 15) is 17.6 Å². The molecule has 1 saturated heterocycles. The number of amides is 1. The number of nitrogens with zero attached hydrogens (tertiary/aromatic N) is 3. The Balaban J connectivity index is 1.71. The number of β-lactam (4-membered cyclic amide) rings is 1. The summed E-state index contributed by atoms with van der Waals surface area (Å²) in [6, 6.07) is 5.96. The van der Waals surface area contributed by atoms with E-state index in [2.05, 4.69) is 9.82 Å². The lowest BCUT2D eigenvalue weighted by Gasteiger charge is -2.38. The third-order valence-corrected chi connectivity index (χ3v) is 4.96. The average Bonchev–Trinajstić information content (AvgIpc) is 2.91. The number of rotatable bonds is 4. The number of halogens is 1. The Bertz CT molecular complexity index is 816. The Labute approximate surface area is 126 Å². The minimum absolute atomic E-state index is 0.0134. The Morgan fingerprint density at radius 1 is 1.27 bits per heavy atom. The summed E-state index contributed by atoms with van der Waals surface area (Å²) in [7, 11) is -2.31. The van der Waals surface area contributed by atoms with Gasteiger partial charge in [0.05, 0.1) is 12.7 Å². The first-order valence-electron chi connectivity index (χ1n) is 6.46. The molecule has 1 N–H and O–H groups in total. The molecule has 1 aliphatic rings. The molecule has 0 aliphatic carbocycles. The van der Waals surface area contributed by atoms with E-state index in [0.29, 0.717) is 5.69 Å². The summed E-state index contributed by atoms with van der Waals surface area (Å²) in [5.74, 6) is -0.775. The van der Waals surface area contributed by atoms with Gasteiger partial charge in [-0.3, -0.25) is 9.48 Å². The number of aromatic nitrogens is 2.